The number of anilines is 1. The molecule has 3 heteroatoms. The van der Waals surface area contributed by atoms with Gasteiger partial charge in [-0.2, -0.15) is 5.26 Å². The Kier molecular flexibility index (Phi) is 3.59. The molecule has 0 saturated carbocycles. The average Bonchev–Trinajstić information content (AvgIpc) is 2.61. The molecular formula is C23H21N3. The first-order valence-corrected chi connectivity index (χ1v) is 8.82. The van der Waals surface area contributed by atoms with E-state index in [9.17, 15) is 5.26 Å². The summed E-state index contributed by atoms with van der Waals surface area (Å²) >= 11 is 0. The molecule has 0 saturated heterocycles. The number of nitrogens with zero attached hydrogens (tertiary/aromatic N) is 2. The molecule has 1 aromatic heterocycles. The van der Waals surface area contributed by atoms with Crippen LogP contribution in [0.15, 0.2) is 48.5 Å². The fourth-order valence-electron chi connectivity index (χ4n) is 4.09. The first-order chi connectivity index (χ1) is 12.4. The van der Waals surface area contributed by atoms with Gasteiger partial charge < -0.3 is 5.73 Å². The van der Waals surface area contributed by atoms with Crippen molar-refractivity contribution in [3.63, 3.8) is 0 Å². The van der Waals surface area contributed by atoms with E-state index in [1.165, 1.54) is 5.56 Å². The number of rotatable bonds is 1. The zero-order valence-electron chi connectivity index (χ0n) is 15.3. The third kappa shape index (κ3) is 2.38. The Morgan fingerprint density at radius 1 is 1.12 bits per heavy atom. The van der Waals surface area contributed by atoms with Crippen molar-refractivity contribution in [2.45, 2.75) is 32.6 Å². The van der Waals surface area contributed by atoms with Crippen LogP contribution in [-0.4, -0.2) is 4.98 Å². The lowest BCUT2D eigenvalue weighted by Gasteiger charge is -2.35. The van der Waals surface area contributed by atoms with Crippen molar-refractivity contribution in [3.8, 4) is 28.5 Å². The van der Waals surface area contributed by atoms with Gasteiger partial charge in [0.1, 0.15) is 17.5 Å². The van der Waals surface area contributed by atoms with Gasteiger partial charge in [-0.05, 0) is 35.4 Å². The second-order valence-electron chi connectivity index (χ2n) is 7.66. The van der Waals surface area contributed by atoms with Crippen LogP contribution in [0.4, 0.5) is 5.82 Å². The molecule has 3 nitrogen and oxygen atoms in total. The topological polar surface area (TPSA) is 62.7 Å². The maximum absolute atomic E-state index is 9.79. The second kappa shape index (κ2) is 5.71. The number of nitrogens with two attached hydrogens (primary N) is 1. The van der Waals surface area contributed by atoms with Gasteiger partial charge in [0, 0.05) is 11.1 Å². The van der Waals surface area contributed by atoms with Crippen LogP contribution in [-0.2, 0) is 11.8 Å². The van der Waals surface area contributed by atoms with Crippen molar-refractivity contribution in [1.29, 1.82) is 5.26 Å². The molecule has 0 aliphatic heterocycles. The maximum Gasteiger partial charge on any atom is 0.142 e. The monoisotopic (exact) mass is 339 g/mol. The molecular weight excluding hydrogens is 318 g/mol. The summed E-state index contributed by atoms with van der Waals surface area (Å²) in [5.41, 5.74) is 14.2. The number of hydrogen-bond donors (Lipinski definition) is 1. The first kappa shape index (κ1) is 16.4. The quantitative estimate of drug-likeness (QED) is 0.677. The minimum atomic E-state index is -0.0350. The van der Waals surface area contributed by atoms with E-state index in [1.807, 2.05) is 12.1 Å². The summed E-state index contributed by atoms with van der Waals surface area (Å²) in [6.07, 6.45) is 0.824. The molecule has 2 aromatic carbocycles. The number of hydrogen-bond acceptors (Lipinski definition) is 3. The standard InChI is InChI=1S/C23H21N3/c1-14-7-6-8-15(11-14)20-17-12-23(2,3)19-10-5-4-9-16(19)21(17)26-22(25)18(20)13-24/h4-11H,12H2,1-3H3,(H2,25,26). The zero-order chi connectivity index (χ0) is 18.5. The second-order valence-corrected chi connectivity index (χ2v) is 7.66. The highest BCUT2D eigenvalue weighted by Gasteiger charge is 2.34. The number of nitrogen functional groups attached to an aromatic ring is 1. The lowest BCUT2D eigenvalue weighted by molar-refractivity contribution is 0.516. The summed E-state index contributed by atoms with van der Waals surface area (Å²) in [6.45, 7) is 6.56. The van der Waals surface area contributed by atoms with Gasteiger partial charge >= 0.3 is 0 Å². The van der Waals surface area contributed by atoms with Crippen molar-refractivity contribution in [3.05, 3.63) is 70.8 Å². The Balaban J connectivity index is 2.13. The molecule has 0 fully saturated rings. The van der Waals surface area contributed by atoms with Gasteiger partial charge in [-0.15, -0.1) is 0 Å². The van der Waals surface area contributed by atoms with E-state index in [1.54, 1.807) is 0 Å². The van der Waals surface area contributed by atoms with Crippen LogP contribution in [0.5, 0.6) is 0 Å². The molecule has 0 unspecified atom stereocenters. The van der Waals surface area contributed by atoms with Crippen LogP contribution in [0.3, 0.4) is 0 Å². The van der Waals surface area contributed by atoms with Crippen molar-refractivity contribution >= 4 is 5.82 Å². The molecule has 1 aliphatic carbocycles. The van der Waals surface area contributed by atoms with Gasteiger partial charge in [0.2, 0.25) is 0 Å². The minimum absolute atomic E-state index is 0.0350. The van der Waals surface area contributed by atoms with Crippen LogP contribution < -0.4 is 5.73 Å². The van der Waals surface area contributed by atoms with Gasteiger partial charge in [-0.1, -0.05) is 67.9 Å². The summed E-state index contributed by atoms with van der Waals surface area (Å²) in [6, 6.07) is 18.9. The Morgan fingerprint density at radius 3 is 2.62 bits per heavy atom. The van der Waals surface area contributed by atoms with E-state index in [-0.39, 0.29) is 5.41 Å². The molecule has 128 valence electrons. The Morgan fingerprint density at radius 2 is 1.88 bits per heavy atom. The SMILES string of the molecule is Cc1cccc(-c2c(C#N)c(N)nc3c2CC(C)(C)c2ccccc2-3)c1. The van der Waals surface area contributed by atoms with Crippen LogP contribution >= 0.6 is 0 Å². The van der Waals surface area contributed by atoms with Crippen molar-refractivity contribution in [2.24, 2.45) is 0 Å². The lowest BCUT2D eigenvalue weighted by Crippen LogP contribution is -2.27. The van der Waals surface area contributed by atoms with Crippen LogP contribution in [0.2, 0.25) is 0 Å². The molecule has 1 aliphatic rings. The molecule has 0 radical (unpaired) electrons. The fourth-order valence-corrected chi connectivity index (χ4v) is 4.09. The zero-order valence-corrected chi connectivity index (χ0v) is 15.3. The van der Waals surface area contributed by atoms with Crippen LogP contribution in [0, 0.1) is 18.3 Å². The molecule has 1 heterocycles. The molecule has 0 bridgehead atoms. The van der Waals surface area contributed by atoms with Gasteiger partial charge in [0.15, 0.2) is 0 Å². The van der Waals surface area contributed by atoms with Crippen molar-refractivity contribution in [2.75, 3.05) is 5.73 Å². The number of pyridine rings is 1. The number of aromatic nitrogens is 1. The minimum Gasteiger partial charge on any atom is -0.383 e. The smallest absolute Gasteiger partial charge is 0.142 e. The third-order valence-corrected chi connectivity index (χ3v) is 5.27. The average molecular weight is 339 g/mol. The predicted octanol–water partition coefficient (Wildman–Crippen LogP) is 5.01. The van der Waals surface area contributed by atoms with Gasteiger partial charge in [-0.25, -0.2) is 4.98 Å². The first-order valence-electron chi connectivity index (χ1n) is 8.82. The van der Waals surface area contributed by atoms with E-state index >= 15 is 0 Å². The Bertz CT molecular complexity index is 1070. The van der Waals surface area contributed by atoms with E-state index in [2.05, 4.69) is 68.2 Å². The van der Waals surface area contributed by atoms with E-state index in [0.717, 1.165) is 39.9 Å². The van der Waals surface area contributed by atoms with Crippen molar-refractivity contribution in [1.82, 2.24) is 4.98 Å². The highest BCUT2D eigenvalue weighted by molar-refractivity contribution is 5.87. The van der Waals surface area contributed by atoms with Gasteiger partial charge in [0.25, 0.3) is 0 Å². The van der Waals surface area contributed by atoms with Gasteiger partial charge in [0.05, 0.1) is 5.69 Å². The summed E-state index contributed by atoms with van der Waals surface area (Å²) in [4.78, 5) is 4.66. The van der Waals surface area contributed by atoms with Gasteiger partial charge in [-0.3, -0.25) is 0 Å². The molecule has 4 rings (SSSR count). The maximum atomic E-state index is 9.79. The predicted molar refractivity (Wildman–Crippen MR) is 106 cm³/mol. The Hall–Kier alpha value is -3.12. The fraction of sp³-hybridized carbons (Fsp3) is 0.217. The molecule has 0 atom stereocenters. The molecule has 3 aromatic rings. The number of aryl methyl sites for hydroxylation is 1. The van der Waals surface area contributed by atoms with E-state index in [0.29, 0.717) is 11.4 Å². The molecule has 0 spiro atoms. The summed E-state index contributed by atoms with van der Waals surface area (Å²) < 4.78 is 0. The largest absolute Gasteiger partial charge is 0.383 e. The molecule has 0 amide bonds. The highest BCUT2D eigenvalue weighted by atomic mass is 14.9. The normalized spacial score (nSPS) is 14.2. The van der Waals surface area contributed by atoms with Crippen molar-refractivity contribution < 1.29 is 0 Å². The van der Waals surface area contributed by atoms with Crippen LogP contribution in [0.1, 0.15) is 36.1 Å². The lowest BCUT2D eigenvalue weighted by atomic mass is 9.69. The molecule has 2 N–H and O–H groups in total. The molecule has 26 heavy (non-hydrogen) atoms. The summed E-state index contributed by atoms with van der Waals surface area (Å²) in [5.74, 6) is 0.303. The third-order valence-electron chi connectivity index (χ3n) is 5.27. The summed E-state index contributed by atoms with van der Waals surface area (Å²) in [7, 11) is 0. The van der Waals surface area contributed by atoms with Crippen LogP contribution in [0.25, 0.3) is 22.4 Å². The van der Waals surface area contributed by atoms with E-state index in [4.69, 9.17) is 5.73 Å². The Labute approximate surface area is 154 Å². The highest BCUT2D eigenvalue weighted by Crippen LogP contribution is 2.47. The number of benzene rings is 2. The van der Waals surface area contributed by atoms with E-state index < -0.39 is 0 Å². The number of fused-ring (bicyclic) bond motifs is 3. The number of nitriles is 1. The summed E-state index contributed by atoms with van der Waals surface area (Å²) in [5, 5.41) is 9.79.